The summed E-state index contributed by atoms with van der Waals surface area (Å²) in [6.45, 7) is 2.14. The van der Waals surface area contributed by atoms with Gasteiger partial charge in [0.2, 0.25) is 15.9 Å². The molecule has 1 N–H and O–H groups in total. The van der Waals surface area contributed by atoms with Crippen LogP contribution in [-0.4, -0.2) is 39.5 Å². The van der Waals surface area contributed by atoms with E-state index in [4.69, 9.17) is 4.74 Å². The number of anilines is 1. The van der Waals surface area contributed by atoms with Crippen molar-refractivity contribution in [3.05, 3.63) is 23.8 Å². The lowest BCUT2D eigenvalue weighted by Gasteiger charge is -2.35. The Morgan fingerprint density at radius 1 is 1.15 bits per heavy atom. The first-order valence-corrected chi connectivity index (χ1v) is 10.8. The molecule has 3 rings (SSSR count). The summed E-state index contributed by atoms with van der Waals surface area (Å²) in [7, 11) is -2.62. The van der Waals surface area contributed by atoms with E-state index < -0.39 is 21.5 Å². The summed E-state index contributed by atoms with van der Waals surface area (Å²) in [5.74, 6) is -0.594. The Morgan fingerprint density at radius 2 is 1.85 bits per heavy atom. The topological polar surface area (TPSA) is 92.8 Å². The fourth-order valence-corrected chi connectivity index (χ4v) is 5.55. The fraction of sp³-hybridized carbons (Fsp3) is 0.579. The lowest BCUT2D eigenvalue weighted by molar-refractivity contribution is -0.149. The zero-order valence-electron chi connectivity index (χ0n) is 15.8. The van der Waals surface area contributed by atoms with Crippen LogP contribution in [0, 0.1) is 0 Å². The number of carbonyl (C=O) groups is 2. The van der Waals surface area contributed by atoms with E-state index >= 15 is 0 Å². The number of hydrogen-bond donors (Lipinski definition) is 1. The number of nitrogens with zero attached hydrogens (tertiary/aromatic N) is 1. The summed E-state index contributed by atoms with van der Waals surface area (Å²) in [4.78, 5) is 25.9. The highest BCUT2D eigenvalue weighted by molar-refractivity contribution is 7.89. The van der Waals surface area contributed by atoms with Gasteiger partial charge in [-0.2, -0.15) is 4.72 Å². The normalized spacial score (nSPS) is 19.3. The van der Waals surface area contributed by atoms with Gasteiger partial charge in [0, 0.05) is 19.2 Å². The molecule has 1 aliphatic heterocycles. The average molecular weight is 394 g/mol. The van der Waals surface area contributed by atoms with Crippen LogP contribution in [0.5, 0.6) is 0 Å². The molecule has 1 aromatic carbocycles. The molecule has 1 saturated carbocycles. The minimum atomic E-state index is -3.90. The van der Waals surface area contributed by atoms with Crippen molar-refractivity contribution >= 4 is 27.6 Å². The van der Waals surface area contributed by atoms with Crippen molar-refractivity contribution < 1.29 is 22.7 Å². The second-order valence-electron chi connectivity index (χ2n) is 7.30. The highest BCUT2D eigenvalue weighted by Crippen LogP contribution is 2.33. The van der Waals surface area contributed by atoms with Crippen LogP contribution in [0.4, 0.5) is 5.69 Å². The van der Waals surface area contributed by atoms with Gasteiger partial charge in [0.25, 0.3) is 0 Å². The number of carbonyl (C=O) groups excluding carboxylic acids is 2. The van der Waals surface area contributed by atoms with Crippen LogP contribution in [0.3, 0.4) is 0 Å². The van der Waals surface area contributed by atoms with E-state index in [0.29, 0.717) is 25.8 Å². The number of benzene rings is 1. The van der Waals surface area contributed by atoms with Gasteiger partial charge in [0.15, 0.2) is 0 Å². The van der Waals surface area contributed by atoms with E-state index in [0.717, 1.165) is 36.9 Å². The molecule has 1 heterocycles. The predicted octanol–water partition coefficient (Wildman–Crippen LogP) is 2.14. The number of hydrogen-bond acceptors (Lipinski definition) is 5. The summed E-state index contributed by atoms with van der Waals surface area (Å²) >= 11 is 0. The van der Waals surface area contributed by atoms with Gasteiger partial charge in [-0.15, -0.1) is 0 Å². The van der Waals surface area contributed by atoms with E-state index in [9.17, 15) is 18.0 Å². The molecular weight excluding hydrogens is 368 g/mol. The number of aryl methyl sites for hydroxylation is 1. The zero-order valence-corrected chi connectivity index (χ0v) is 16.6. The minimum absolute atomic E-state index is 0.0588. The largest absolute Gasteiger partial charge is 0.468 e. The van der Waals surface area contributed by atoms with Gasteiger partial charge in [0.1, 0.15) is 5.54 Å². The molecule has 148 valence electrons. The minimum Gasteiger partial charge on any atom is -0.468 e. The van der Waals surface area contributed by atoms with Crippen molar-refractivity contribution in [2.24, 2.45) is 0 Å². The van der Waals surface area contributed by atoms with Crippen LogP contribution in [0.1, 0.15) is 51.0 Å². The molecule has 1 fully saturated rings. The van der Waals surface area contributed by atoms with Gasteiger partial charge in [-0.3, -0.25) is 9.59 Å². The second kappa shape index (κ2) is 7.59. The molecule has 0 aromatic heterocycles. The van der Waals surface area contributed by atoms with E-state index in [-0.39, 0.29) is 10.8 Å². The second-order valence-corrected chi connectivity index (χ2v) is 8.99. The lowest BCUT2D eigenvalue weighted by Crippen LogP contribution is -2.55. The van der Waals surface area contributed by atoms with E-state index in [2.05, 4.69) is 4.72 Å². The molecule has 1 aliphatic carbocycles. The molecular formula is C19H26N2O5S. The monoisotopic (exact) mass is 394 g/mol. The Labute approximate surface area is 160 Å². The first kappa shape index (κ1) is 19.8. The number of amides is 1. The maximum absolute atomic E-state index is 13.0. The summed E-state index contributed by atoms with van der Waals surface area (Å²) < 4.78 is 33.6. The Morgan fingerprint density at radius 3 is 2.48 bits per heavy atom. The van der Waals surface area contributed by atoms with Crippen molar-refractivity contribution in [1.29, 1.82) is 0 Å². The third kappa shape index (κ3) is 3.87. The molecule has 2 aliphatic rings. The summed E-state index contributed by atoms with van der Waals surface area (Å²) in [5.41, 5.74) is 0.385. The van der Waals surface area contributed by atoms with Crippen LogP contribution >= 0.6 is 0 Å². The van der Waals surface area contributed by atoms with E-state index in [1.807, 2.05) is 0 Å². The molecule has 27 heavy (non-hydrogen) atoms. The van der Waals surface area contributed by atoms with Gasteiger partial charge in [-0.05, 0) is 49.4 Å². The fourth-order valence-electron chi connectivity index (χ4n) is 4.08. The third-order valence-corrected chi connectivity index (χ3v) is 7.01. The summed E-state index contributed by atoms with van der Waals surface area (Å²) in [6, 6.07) is 4.78. The number of rotatable bonds is 4. The third-order valence-electron chi connectivity index (χ3n) is 5.47. The maximum Gasteiger partial charge on any atom is 0.327 e. The Hall–Kier alpha value is -1.93. The number of methoxy groups -OCH3 is 1. The predicted molar refractivity (Wildman–Crippen MR) is 101 cm³/mol. The first-order chi connectivity index (χ1) is 12.8. The van der Waals surface area contributed by atoms with Crippen molar-refractivity contribution in [2.75, 3.05) is 18.6 Å². The molecule has 1 amide bonds. The van der Waals surface area contributed by atoms with Gasteiger partial charge in [-0.25, -0.2) is 8.42 Å². The molecule has 0 saturated heterocycles. The summed E-state index contributed by atoms with van der Waals surface area (Å²) in [6.07, 6.45) is 4.88. The average Bonchev–Trinajstić information content (AvgIpc) is 2.66. The van der Waals surface area contributed by atoms with Crippen LogP contribution in [-0.2, 0) is 30.8 Å². The molecule has 8 heteroatoms. The number of sulfonamides is 1. The molecule has 0 atom stereocenters. The first-order valence-electron chi connectivity index (χ1n) is 9.32. The molecule has 0 spiro atoms. The van der Waals surface area contributed by atoms with Crippen molar-refractivity contribution in [3.63, 3.8) is 0 Å². The molecule has 0 unspecified atom stereocenters. The van der Waals surface area contributed by atoms with Crippen molar-refractivity contribution in [3.8, 4) is 0 Å². The number of ether oxygens (including phenoxy) is 1. The highest BCUT2D eigenvalue weighted by Gasteiger charge is 2.44. The molecule has 7 nitrogen and oxygen atoms in total. The van der Waals surface area contributed by atoms with Crippen LogP contribution in [0.15, 0.2) is 23.1 Å². The molecule has 0 bridgehead atoms. The van der Waals surface area contributed by atoms with Gasteiger partial charge in [0.05, 0.1) is 12.0 Å². The summed E-state index contributed by atoms with van der Waals surface area (Å²) in [5, 5.41) is 0. The van der Waals surface area contributed by atoms with Gasteiger partial charge < -0.3 is 9.64 Å². The van der Waals surface area contributed by atoms with Crippen molar-refractivity contribution in [2.45, 2.75) is 62.3 Å². The number of esters is 1. The molecule has 1 aromatic rings. The number of nitrogens with one attached hydrogen (secondary N) is 1. The lowest BCUT2D eigenvalue weighted by atomic mass is 9.83. The molecule has 0 radical (unpaired) electrons. The van der Waals surface area contributed by atoms with Gasteiger partial charge >= 0.3 is 5.97 Å². The van der Waals surface area contributed by atoms with Crippen molar-refractivity contribution in [1.82, 2.24) is 4.72 Å². The standard InChI is InChI=1S/C19H26N2O5S/c1-14(22)21-12-6-7-15-13-16(8-9-17(15)21)27(24,25)20-19(18(23)26-2)10-4-3-5-11-19/h8-9,13,20H,3-7,10-12H2,1-2H3. The highest BCUT2D eigenvalue weighted by atomic mass is 32.2. The quantitative estimate of drug-likeness (QED) is 0.790. The van der Waals surface area contributed by atoms with Gasteiger partial charge in [-0.1, -0.05) is 19.3 Å². The Bertz CT molecular complexity index is 844. The van der Waals surface area contributed by atoms with Crippen LogP contribution < -0.4 is 9.62 Å². The Kier molecular flexibility index (Phi) is 5.58. The zero-order chi connectivity index (χ0) is 19.7. The van der Waals surface area contributed by atoms with E-state index in [1.165, 1.54) is 20.1 Å². The van der Waals surface area contributed by atoms with Crippen LogP contribution in [0.25, 0.3) is 0 Å². The Balaban J connectivity index is 1.93. The number of fused-ring (bicyclic) bond motifs is 1. The maximum atomic E-state index is 13.0. The van der Waals surface area contributed by atoms with E-state index in [1.54, 1.807) is 17.0 Å². The SMILES string of the molecule is COC(=O)C1(NS(=O)(=O)c2ccc3c(c2)CCCN3C(C)=O)CCCCC1. The van der Waals surface area contributed by atoms with Crippen LogP contribution in [0.2, 0.25) is 0 Å². The smallest absolute Gasteiger partial charge is 0.327 e.